The lowest BCUT2D eigenvalue weighted by Crippen LogP contribution is -2.28. The predicted molar refractivity (Wildman–Crippen MR) is 129 cm³/mol. The van der Waals surface area contributed by atoms with E-state index in [9.17, 15) is 18.8 Å². The molecule has 1 saturated heterocycles. The Kier molecular flexibility index (Phi) is 7.25. The van der Waals surface area contributed by atoms with E-state index in [0.29, 0.717) is 22.9 Å². The Labute approximate surface area is 201 Å². The standard InChI is InChI=1S/C26H24FN3O5/c1-34-22-11-4-5-12-23(22)35-16-24(31)28-18-7-6-8-19(14-18)29-26(33)17-13-25(32)30(15-17)21-10-3-2-9-20(21)27/h2-12,14,17H,13,15-16H2,1H3,(H,28,31)(H,29,33). The first-order valence-corrected chi connectivity index (χ1v) is 11.0. The molecule has 3 aromatic carbocycles. The van der Waals surface area contributed by atoms with E-state index < -0.39 is 11.7 Å². The monoisotopic (exact) mass is 477 g/mol. The van der Waals surface area contributed by atoms with Crippen LogP contribution in [0.15, 0.2) is 72.8 Å². The zero-order valence-corrected chi connectivity index (χ0v) is 19.0. The van der Waals surface area contributed by atoms with Gasteiger partial charge in [-0.05, 0) is 42.5 Å². The smallest absolute Gasteiger partial charge is 0.262 e. The second-order valence-electron chi connectivity index (χ2n) is 7.91. The number of rotatable bonds is 8. The molecule has 3 aromatic rings. The van der Waals surface area contributed by atoms with Crippen molar-refractivity contribution in [1.29, 1.82) is 0 Å². The van der Waals surface area contributed by atoms with Gasteiger partial charge in [-0.2, -0.15) is 0 Å². The van der Waals surface area contributed by atoms with Crippen LogP contribution in [0.25, 0.3) is 0 Å². The van der Waals surface area contributed by atoms with Crippen molar-refractivity contribution in [2.75, 3.05) is 35.8 Å². The average molecular weight is 477 g/mol. The molecule has 35 heavy (non-hydrogen) atoms. The highest BCUT2D eigenvalue weighted by molar-refractivity contribution is 6.03. The third-order valence-electron chi connectivity index (χ3n) is 5.48. The number of ether oxygens (including phenoxy) is 2. The van der Waals surface area contributed by atoms with Gasteiger partial charge < -0.3 is 25.0 Å². The first-order valence-electron chi connectivity index (χ1n) is 11.0. The van der Waals surface area contributed by atoms with Crippen LogP contribution >= 0.6 is 0 Å². The number of nitrogens with zero attached hydrogens (tertiary/aromatic N) is 1. The summed E-state index contributed by atoms with van der Waals surface area (Å²) in [5, 5.41) is 5.48. The first-order chi connectivity index (χ1) is 16.9. The van der Waals surface area contributed by atoms with Crippen molar-refractivity contribution in [2.45, 2.75) is 6.42 Å². The Hall–Kier alpha value is -4.40. The normalized spacial score (nSPS) is 15.0. The number of carbonyl (C=O) groups excluding carboxylic acids is 3. The molecule has 8 nitrogen and oxygen atoms in total. The van der Waals surface area contributed by atoms with Crippen molar-refractivity contribution >= 4 is 34.8 Å². The summed E-state index contributed by atoms with van der Waals surface area (Å²) >= 11 is 0. The molecule has 1 aliphatic rings. The SMILES string of the molecule is COc1ccccc1OCC(=O)Nc1cccc(NC(=O)C2CC(=O)N(c3ccccc3F)C2)c1. The molecule has 4 rings (SSSR count). The summed E-state index contributed by atoms with van der Waals surface area (Å²) in [6, 6.07) is 19.6. The van der Waals surface area contributed by atoms with Crippen LogP contribution in [0.2, 0.25) is 0 Å². The van der Waals surface area contributed by atoms with Crippen molar-refractivity contribution in [3.63, 3.8) is 0 Å². The molecule has 2 N–H and O–H groups in total. The van der Waals surface area contributed by atoms with Crippen molar-refractivity contribution in [3.8, 4) is 11.5 Å². The summed E-state index contributed by atoms with van der Waals surface area (Å²) in [5.41, 5.74) is 1.08. The summed E-state index contributed by atoms with van der Waals surface area (Å²) in [6.07, 6.45) is -0.0170. The van der Waals surface area contributed by atoms with Gasteiger partial charge in [0, 0.05) is 24.3 Å². The molecule has 180 valence electrons. The molecule has 1 unspecified atom stereocenters. The average Bonchev–Trinajstić information content (AvgIpc) is 3.25. The molecule has 0 aliphatic carbocycles. The molecule has 1 heterocycles. The van der Waals surface area contributed by atoms with Crippen LogP contribution < -0.4 is 25.0 Å². The van der Waals surface area contributed by atoms with Crippen LogP contribution in [0.4, 0.5) is 21.5 Å². The minimum Gasteiger partial charge on any atom is -0.493 e. The third kappa shape index (κ3) is 5.75. The van der Waals surface area contributed by atoms with E-state index in [-0.39, 0.29) is 43.0 Å². The maximum atomic E-state index is 14.1. The number of anilines is 3. The van der Waals surface area contributed by atoms with Gasteiger partial charge in [-0.25, -0.2) is 4.39 Å². The number of hydrogen-bond acceptors (Lipinski definition) is 5. The topological polar surface area (TPSA) is 97.0 Å². The summed E-state index contributed by atoms with van der Waals surface area (Å²) < 4.78 is 24.8. The fourth-order valence-corrected chi connectivity index (χ4v) is 3.78. The number of hydrogen-bond donors (Lipinski definition) is 2. The van der Waals surface area contributed by atoms with Crippen LogP contribution in [0, 0.1) is 11.7 Å². The molecule has 0 aromatic heterocycles. The highest BCUT2D eigenvalue weighted by atomic mass is 19.1. The molecule has 0 radical (unpaired) electrons. The molecular weight excluding hydrogens is 453 g/mol. The minimum absolute atomic E-state index is 0.0170. The van der Waals surface area contributed by atoms with Gasteiger partial charge in [-0.3, -0.25) is 14.4 Å². The van der Waals surface area contributed by atoms with Gasteiger partial charge in [0.25, 0.3) is 5.91 Å². The largest absolute Gasteiger partial charge is 0.493 e. The Balaban J connectivity index is 1.33. The number of nitrogens with one attached hydrogen (secondary N) is 2. The minimum atomic E-state index is -0.630. The van der Waals surface area contributed by atoms with Crippen LogP contribution in [0.3, 0.4) is 0 Å². The summed E-state index contributed by atoms with van der Waals surface area (Å²) in [4.78, 5) is 38.8. The van der Waals surface area contributed by atoms with E-state index in [1.165, 1.54) is 24.1 Å². The Morgan fingerprint density at radius 2 is 1.66 bits per heavy atom. The maximum Gasteiger partial charge on any atom is 0.262 e. The lowest BCUT2D eigenvalue weighted by Gasteiger charge is -2.17. The molecular formula is C26H24FN3O5. The van der Waals surface area contributed by atoms with Crippen molar-refractivity contribution in [2.24, 2.45) is 5.92 Å². The van der Waals surface area contributed by atoms with E-state index in [4.69, 9.17) is 9.47 Å². The second-order valence-corrected chi connectivity index (χ2v) is 7.91. The highest BCUT2D eigenvalue weighted by Crippen LogP contribution is 2.28. The zero-order valence-electron chi connectivity index (χ0n) is 19.0. The molecule has 0 bridgehead atoms. The molecule has 9 heteroatoms. The Morgan fingerprint density at radius 3 is 2.40 bits per heavy atom. The van der Waals surface area contributed by atoms with E-state index in [1.807, 2.05) is 0 Å². The molecule has 1 aliphatic heterocycles. The molecule has 0 spiro atoms. The molecule has 0 saturated carbocycles. The number of carbonyl (C=O) groups is 3. The zero-order chi connectivity index (χ0) is 24.8. The van der Waals surface area contributed by atoms with Gasteiger partial charge in [0.05, 0.1) is 18.7 Å². The van der Waals surface area contributed by atoms with Gasteiger partial charge in [0.2, 0.25) is 11.8 Å². The van der Waals surface area contributed by atoms with Crippen LogP contribution in [-0.4, -0.2) is 38.0 Å². The fraction of sp³-hybridized carbons (Fsp3) is 0.192. The predicted octanol–water partition coefficient (Wildman–Crippen LogP) is 3.84. The van der Waals surface area contributed by atoms with Crippen molar-refractivity contribution in [3.05, 3.63) is 78.6 Å². The van der Waals surface area contributed by atoms with E-state index in [0.717, 1.165) is 0 Å². The fourth-order valence-electron chi connectivity index (χ4n) is 3.78. The van der Waals surface area contributed by atoms with Gasteiger partial charge in [0.15, 0.2) is 18.1 Å². The lowest BCUT2D eigenvalue weighted by atomic mass is 10.1. The molecule has 1 fully saturated rings. The Morgan fingerprint density at radius 1 is 0.971 bits per heavy atom. The van der Waals surface area contributed by atoms with Gasteiger partial charge in [-0.1, -0.05) is 30.3 Å². The van der Waals surface area contributed by atoms with Crippen LogP contribution in [0.1, 0.15) is 6.42 Å². The third-order valence-corrected chi connectivity index (χ3v) is 5.48. The van der Waals surface area contributed by atoms with Crippen molar-refractivity contribution in [1.82, 2.24) is 0 Å². The highest BCUT2D eigenvalue weighted by Gasteiger charge is 2.36. The maximum absolute atomic E-state index is 14.1. The van der Waals surface area contributed by atoms with Gasteiger partial charge in [-0.15, -0.1) is 0 Å². The number of amides is 3. The number of methoxy groups -OCH3 is 1. The quantitative estimate of drug-likeness (QED) is 0.514. The second kappa shape index (κ2) is 10.7. The van der Waals surface area contributed by atoms with E-state index in [1.54, 1.807) is 60.7 Å². The summed E-state index contributed by atoms with van der Waals surface area (Å²) in [5.74, 6) is -1.24. The summed E-state index contributed by atoms with van der Waals surface area (Å²) in [7, 11) is 1.51. The molecule has 3 amide bonds. The van der Waals surface area contributed by atoms with Crippen LogP contribution in [0.5, 0.6) is 11.5 Å². The van der Waals surface area contributed by atoms with Crippen LogP contribution in [-0.2, 0) is 14.4 Å². The van der Waals surface area contributed by atoms with Crippen molar-refractivity contribution < 1.29 is 28.2 Å². The number of para-hydroxylation sites is 3. The number of benzene rings is 3. The van der Waals surface area contributed by atoms with Gasteiger partial charge >= 0.3 is 0 Å². The lowest BCUT2D eigenvalue weighted by molar-refractivity contribution is -0.122. The Bertz CT molecular complexity index is 1250. The van der Waals surface area contributed by atoms with E-state index >= 15 is 0 Å². The molecule has 1 atom stereocenters. The first kappa shape index (κ1) is 23.7. The summed E-state index contributed by atoms with van der Waals surface area (Å²) in [6.45, 7) is -0.144. The van der Waals surface area contributed by atoms with E-state index in [2.05, 4.69) is 10.6 Å². The number of halogens is 1. The van der Waals surface area contributed by atoms with Gasteiger partial charge in [0.1, 0.15) is 5.82 Å².